The summed E-state index contributed by atoms with van der Waals surface area (Å²) in [5.41, 5.74) is 10.1. The lowest BCUT2D eigenvalue weighted by atomic mass is 9.75. The summed E-state index contributed by atoms with van der Waals surface area (Å²) in [7, 11) is -0.316. The fourth-order valence-electron chi connectivity index (χ4n) is 7.57. The van der Waals surface area contributed by atoms with E-state index in [1.807, 2.05) is 0 Å². The molecule has 4 rings (SSSR count). The highest BCUT2D eigenvalue weighted by molar-refractivity contribution is 7.43. The maximum absolute atomic E-state index is 7.58. The van der Waals surface area contributed by atoms with Gasteiger partial charge in [-0.15, -0.1) is 0 Å². The third-order valence-electron chi connectivity index (χ3n) is 11.8. The number of benzene rings is 4. The second kappa shape index (κ2) is 17.1. The van der Waals surface area contributed by atoms with Gasteiger partial charge in [-0.1, -0.05) is 203 Å². The first-order valence-electron chi connectivity index (χ1n) is 22.8. The van der Waals surface area contributed by atoms with Crippen LogP contribution in [0.5, 0.6) is 23.0 Å². The Morgan fingerprint density at radius 3 is 0.887 bits per heavy atom. The van der Waals surface area contributed by atoms with Crippen molar-refractivity contribution in [1.82, 2.24) is 0 Å². The van der Waals surface area contributed by atoms with E-state index in [0.717, 1.165) is 56.4 Å². The third kappa shape index (κ3) is 12.0. The Morgan fingerprint density at radius 2 is 0.597 bits per heavy atom. The summed E-state index contributed by atoms with van der Waals surface area (Å²) in [5.74, 6) is 3.11. The highest BCUT2D eigenvalue weighted by Crippen LogP contribution is 2.55. The molecule has 0 fully saturated rings. The van der Waals surface area contributed by atoms with Crippen LogP contribution in [0.25, 0.3) is 11.1 Å². The van der Waals surface area contributed by atoms with E-state index < -0.39 is 8.60 Å². The quantitative estimate of drug-likeness (QED) is 0.165. The molecule has 0 saturated carbocycles. The largest absolute Gasteiger partial charge is 0.530 e. The molecule has 0 N–H and O–H groups in total. The molecule has 0 aromatic heterocycles. The summed E-state index contributed by atoms with van der Waals surface area (Å²) in [5, 5.41) is 0. The molecule has 4 aromatic carbocycles. The van der Waals surface area contributed by atoms with Crippen LogP contribution >= 0.6 is 8.60 Å². The minimum absolute atomic E-state index is 0.0372. The molecule has 0 unspecified atom stereocenters. The molecule has 0 bridgehead atoms. The zero-order valence-corrected chi connectivity index (χ0v) is 44.7. The van der Waals surface area contributed by atoms with Gasteiger partial charge in [0.15, 0.2) is 0 Å². The summed E-state index contributed by atoms with van der Waals surface area (Å²) in [6.45, 7) is 54.3. The van der Waals surface area contributed by atoms with E-state index in [0.29, 0.717) is 0 Å². The second-order valence-electron chi connectivity index (χ2n) is 25.9. The summed E-state index contributed by atoms with van der Waals surface area (Å²) in [4.78, 5) is 0. The average Bonchev–Trinajstić information content (AvgIpc) is 3.07. The molecule has 0 heterocycles. The first-order chi connectivity index (χ1) is 27.7. The normalized spacial score (nSPS) is 13.7. The Bertz CT molecular complexity index is 2140. The van der Waals surface area contributed by atoms with Crippen LogP contribution in [0.4, 0.5) is 0 Å². The Hall–Kier alpha value is -3.49. The third-order valence-corrected chi connectivity index (χ3v) is 12.9. The minimum atomic E-state index is -2.11. The van der Waals surface area contributed by atoms with Crippen molar-refractivity contribution in [3.63, 3.8) is 0 Å². The summed E-state index contributed by atoms with van der Waals surface area (Å²) in [6.07, 6.45) is 0. The Morgan fingerprint density at radius 1 is 0.306 bits per heavy atom. The van der Waals surface area contributed by atoms with Crippen LogP contribution in [-0.4, -0.2) is 7.11 Å². The molecule has 0 aliphatic heterocycles. The monoisotopic (exact) mass is 865 g/mol. The van der Waals surface area contributed by atoms with Crippen LogP contribution in [0.3, 0.4) is 0 Å². The van der Waals surface area contributed by atoms with E-state index in [1.54, 1.807) is 7.11 Å². The van der Waals surface area contributed by atoms with Gasteiger partial charge in [-0.05, 0) is 89.8 Å². The van der Waals surface area contributed by atoms with Crippen molar-refractivity contribution in [2.24, 2.45) is 0 Å². The summed E-state index contributed by atoms with van der Waals surface area (Å²) >= 11 is 0. The SMILES string of the molecule is COc1c(-c2cc(C(C)(C)C)cc(C(C)(C)C)c2OP(Oc2ccc(C(C)(C)C)cc2C(C)(C)C)Oc2ccc(C(C)(C)C)cc2C(C)(C)C)cc(C(C)(C)C)cc1C(C)(C)C. The molecular formula is C57H85O4P. The molecular weight excluding hydrogens is 780 g/mol. The molecule has 0 amide bonds. The number of hydrogen-bond acceptors (Lipinski definition) is 4. The molecule has 4 aromatic rings. The minimum Gasteiger partial charge on any atom is -0.496 e. The van der Waals surface area contributed by atoms with Gasteiger partial charge in [0, 0.05) is 33.4 Å². The smallest absolute Gasteiger partial charge is 0.496 e. The molecule has 0 saturated heterocycles. The molecule has 62 heavy (non-hydrogen) atoms. The number of methoxy groups -OCH3 is 1. The Balaban J connectivity index is 2.21. The van der Waals surface area contributed by atoms with Crippen molar-refractivity contribution in [2.75, 3.05) is 7.11 Å². The van der Waals surface area contributed by atoms with Crippen molar-refractivity contribution >= 4 is 8.60 Å². The second-order valence-corrected chi connectivity index (χ2v) is 26.9. The van der Waals surface area contributed by atoms with Gasteiger partial charge in [0.05, 0.1) is 7.11 Å². The average molecular weight is 865 g/mol. The fourth-order valence-corrected chi connectivity index (χ4v) is 8.67. The van der Waals surface area contributed by atoms with Gasteiger partial charge >= 0.3 is 8.60 Å². The Kier molecular flexibility index (Phi) is 14.1. The number of hydrogen-bond donors (Lipinski definition) is 0. The van der Waals surface area contributed by atoms with Crippen LogP contribution in [-0.2, 0) is 43.3 Å². The lowest BCUT2D eigenvalue weighted by molar-refractivity contribution is 0.371. The zero-order valence-electron chi connectivity index (χ0n) is 43.9. The maximum atomic E-state index is 7.58. The van der Waals surface area contributed by atoms with E-state index in [4.69, 9.17) is 18.3 Å². The van der Waals surface area contributed by atoms with Gasteiger partial charge in [-0.2, -0.15) is 0 Å². The van der Waals surface area contributed by atoms with Crippen molar-refractivity contribution in [3.8, 4) is 34.1 Å². The molecule has 5 heteroatoms. The predicted octanol–water partition coefficient (Wildman–Crippen LogP) is 17.5. The van der Waals surface area contributed by atoms with E-state index in [1.165, 1.54) is 22.3 Å². The van der Waals surface area contributed by atoms with Crippen LogP contribution in [0, 0.1) is 0 Å². The zero-order chi connectivity index (χ0) is 47.6. The summed E-state index contributed by atoms with van der Waals surface area (Å²) < 4.78 is 28.6. The standard InChI is InChI=1S/C57H85O4P/c1-50(2,3)36-26-28-46(42(32-36)54(13,14)15)59-62(60-47-29-27-37(51(4,5)6)33-43(47)55(16,17)18)61-49-41(31-39(53(10,11)12)35-45(49)57(22,23)24)40-30-38(52(7,8)9)34-44(48(40)58-25)56(19,20)21/h26-35H,1-25H3. The molecule has 0 aliphatic rings. The van der Waals surface area contributed by atoms with E-state index in [9.17, 15) is 0 Å². The first-order valence-corrected chi connectivity index (χ1v) is 23.9. The molecule has 0 atom stereocenters. The first kappa shape index (κ1) is 51.1. The van der Waals surface area contributed by atoms with Gasteiger partial charge in [-0.25, -0.2) is 0 Å². The van der Waals surface area contributed by atoms with Gasteiger partial charge < -0.3 is 18.3 Å². The number of rotatable bonds is 8. The van der Waals surface area contributed by atoms with Gasteiger partial charge in [0.25, 0.3) is 0 Å². The maximum Gasteiger partial charge on any atom is 0.530 e. The van der Waals surface area contributed by atoms with Crippen molar-refractivity contribution in [3.05, 3.63) is 105 Å². The van der Waals surface area contributed by atoms with E-state index in [-0.39, 0.29) is 43.3 Å². The predicted molar refractivity (Wildman–Crippen MR) is 270 cm³/mol. The Labute approximate surface area is 381 Å². The molecule has 342 valence electrons. The van der Waals surface area contributed by atoms with Crippen molar-refractivity contribution in [2.45, 2.75) is 209 Å². The number of ether oxygens (including phenoxy) is 1. The van der Waals surface area contributed by atoms with Crippen LogP contribution in [0.1, 0.15) is 211 Å². The molecule has 0 spiro atoms. The highest BCUT2D eigenvalue weighted by Gasteiger charge is 2.36. The van der Waals surface area contributed by atoms with E-state index >= 15 is 0 Å². The molecule has 0 aliphatic carbocycles. The van der Waals surface area contributed by atoms with Gasteiger partial charge in [0.2, 0.25) is 0 Å². The van der Waals surface area contributed by atoms with Crippen LogP contribution < -0.4 is 18.3 Å². The lowest BCUT2D eigenvalue weighted by Gasteiger charge is -2.33. The van der Waals surface area contributed by atoms with Gasteiger partial charge in [-0.3, -0.25) is 0 Å². The topological polar surface area (TPSA) is 36.9 Å². The molecule has 0 radical (unpaired) electrons. The van der Waals surface area contributed by atoms with Crippen LogP contribution in [0.2, 0.25) is 0 Å². The highest BCUT2D eigenvalue weighted by atomic mass is 31.2. The molecule has 4 nitrogen and oxygen atoms in total. The van der Waals surface area contributed by atoms with Gasteiger partial charge in [0.1, 0.15) is 23.0 Å². The lowest BCUT2D eigenvalue weighted by Crippen LogP contribution is -2.21. The summed E-state index contributed by atoms with van der Waals surface area (Å²) in [6, 6.07) is 22.6. The fraction of sp³-hybridized carbons (Fsp3) is 0.579. The van der Waals surface area contributed by atoms with Crippen LogP contribution in [0.15, 0.2) is 60.7 Å². The van der Waals surface area contributed by atoms with Crippen molar-refractivity contribution < 1.29 is 18.3 Å². The van der Waals surface area contributed by atoms with Crippen molar-refractivity contribution in [1.29, 1.82) is 0 Å². The van der Waals surface area contributed by atoms with E-state index in [2.05, 4.69) is 227 Å².